The standard InChI is InChI=1S/C31H44ClN3O2/c1-34(2)31(18-8-4-9-19-31)24-33-30(36)26-14-15-29(28(32)23-26)37-27-16-21-35(22-17-27)20-10-7-13-25-11-5-3-6-12-25/h3,5-6,11-12,14-15,23,27H,4,7-10,13,16-22,24H2,1-2H3,(H,33,36). The molecule has 0 radical (unpaired) electrons. The number of nitrogens with one attached hydrogen (secondary N) is 1. The highest BCUT2D eigenvalue weighted by Gasteiger charge is 2.34. The number of nitrogens with zero attached hydrogens (tertiary/aromatic N) is 2. The second kappa shape index (κ2) is 13.6. The van der Waals surface area contributed by atoms with Gasteiger partial charge in [0.1, 0.15) is 11.9 Å². The first-order valence-corrected chi connectivity index (χ1v) is 14.5. The summed E-state index contributed by atoms with van der Waals surface area (Å²) in [4.78, 5) is 17.7. The highest BCUT2D eigenvalue weighted by Crippen LogP contribution is 2.32. The van der Waals surface area contributed by atoms with Crippen molar-refractivity contribution in [3.05, 3.63) is 64.7 Å². The zero-order valence-corrected chi connectivity index (χ0v) is 23.4. The average Bonchev–Trinajstić information content (AvgIpc) is 2.93. The molecule has 0 aromatic heterocycles. The lowest BCUT2D eigenvalue weighted by atomic mass is 9.80. The Labute approximate surface area is 228 Å². The van der Waals surface area contributed by atoms with E-state index in [0.29, 0.717) is 22.9 Å². The van der Waals surface area contributed by atoms with E-state index >= 15 is 0 Å². The summed E-state index contributed by atoms with van der Waals surface area (Å²) in [6.45, 7) is 3.93. The van der Waals surface area contributed by atoms with Crippen molar-refractivity contribution in [2.75, 3.05) is 40.3 Å². The number of likely N-dealkylation sites (tertiary alicyclic amines) is 1. The van der Waals surface area contributed by atoms with Gasteiger partial charge in [-0.05, 0) is 89.3 Å². The molecule has 0 bridgehead atoms. The van der Waals surface area contributed by atoms with Crippen molar-refractivity contribution < 1.29 is 9.53 Å². The van der Waals surface area contributed by atoms with Crippen LogP contribution in [0.2, 0.25) is 5.02 Å². The number of carbonyl (C=O) groups is 1. The molecule has 5 nitrogen and oxygen atoms in total. The van der Waals surface area contributed by atoms with Gasteiger partial charge in [0.25, 0.3) is 5.91 Å². The Morgan fingerprint density at radius 1 is 1.05 bits per heavy atom. The van der Waals surface area contributed by atoms with E-state index in [-0.39, 0.29) is 17.6 Å². The first-order valence-electron chi connectivity index (χ1n) is 14.1. The third kappa shape index (κ3) is 7.95. The van der Waals surface area contributed by atoms with Gasteiger partial charge < -0.3 is 19.9 Å². The van der Waals surface area contributed by atoms with E-state index in [9.17, 15) is 4.79 Å². The maximum atomic E-state index is 12.9. The van der Waals surface area contributed by atoms with Gasteiger partial charge in [-0.15, -0.1) is 0 Å². The summed E-state index contributed by atoms with van der Waals surface area (Å²) in [5.74, 6) is 0.609. The van der Waals surface area contributed by atoms with E-state index in [1.807, 2.05) is 12.1 Å². The summed E-state index contributed by atoms with van der Waals surface area (Å²) >= 11 is 6.56. The van der Waals surface area contributed by atoms with E-state index in [0.717, 1.165) is 51.7 Å². The highest BCUT2D eigenvalue weighted by molar-refractivity contribution is 6.32. The summed E-state index contributed by atoms with van der Waals surface area (Å²) in [6, 6.07) is 16.2. The van der Waals surface area contributed by atoms with Crippen LogP contribution in [-0.4, -0.2) is 67.6 Å². The number of amides is 1. The Balaban J connectivity index is 1.19. The Bertz CT molecular complexity index is 983. The summed E-state index contributed by atoms with van der Waals surface area (Å²) in [6.07, 6.45) is 11.8. The smallest absolute Gasteiger partial charge is 0.251 e. The molecule has 1 N–H and O–H groups in total. The number of rotatable bonds is 11. The number of hydrogen-bond donors (Lipinski definition) is 1. The van der Waals surface area contributed by atoms with Gasteiger partial charge in [0.2, 0.25) is 0 Å². The molecule has 1 aliphatic carbocycles. The third-order valence-electron chi connectivity index (χ3n) is 8.37. The zero-order valence-electron chi connectivity index (χ0n) is 22.7. The Morgan fingerprint density at radius 2 is 1.78 bits per heavy atom. The summed E-state index contributed by atoms with van der Waals surface area (Å²) in [5, 5.41) is 3.68. The number of halogens is 1. The van der Waals surface area contributed by atoms with Crippen molar-refractivity contribution >= 4 is 17.5 Å². The predicted molar refractivity (Wildman–Crippen MR) is 153 cm³/mol. The van der Waals surface area contributed by atoms with Gasteiger partial charge in [0.05, 0.1) is 5.02 Å². The lowest BCUT2D eigenvalue weighted by molar-refractivity contribution is 0.0799. The van der Waals surface area contributed by atoms with Crippen molar-refractivity contribution in [1.29, 1.82) is 0 Å². The maximum absolute atomic E-state index is 12.9. The van der Waals surface area contributed by atoms with Crippen molar-refractivity contribution in [3.8, 4) is 5.75 Å². The molecule has 1 heterocycles. The first kappa shape index (κ1) is 27.9. The minimum absolute atomic E-state index is 0.0531. The topological polar surface area (TPSA) is 44.8 Å². The number of likely N-dealkylation sites (N-methyl/N-ethyl adjacent to an activating group) is 1. The molecule has 2 fully saturated rings. The van der Waals surface area contributed by atoms with Crippen LogP contribution in [-0.2, 0) is 6.42 Å². The zero-order chi connectivity index (χ0) is 26.1. The minimum Gasteiger partial charge on any atom is -0.489 e. The van der Waals surface area contributed by atoms with Gasteiger partial charge >= 0.3 is 0 Å². The molecular formula is C31H44ClN3O2. The summed E-state index contributed by atoms with van der Waals surface area (Å²) in [5.41, 5.74) is 2.07. The number of unbranched alkanes of at least 4 members (excludes halogenated alkanes) is 1. The van der Waals surface area contributed by atoms with Crippen molar-refractivity contribution in [1.82, 2.24) is 15.1 Å². The summed E-state index contributed by atoms with van der Waals surface area (Å²) in [7, 11) is 4.24. The van der Waals surface area contributed by atoms with Crippen molar-refractivity contribution in [2.24, 2.45) is 0 Å². The molecule has 37 heavy (non-hydrogen) atoms. The van der Waals surface area contributed by atoms with E-state index < -0.39 is 0 Å². The van der Waals surface area contributed by atoms with Crippen LogP contribution in [0.15, 0.2) is 48.5 Å². The molecular weight excluding hydrogens is 482 g/mol. The molecule has 0 atom stereocenters. The fourth-order valence-electron chi connectivity index (χ4n) is 5.82. The summed E-state index contributed by atoms with van der Waals surface area (Å²) < 4.78 is 6.26. The number of aryl methyl sites for hydroxylation is 1. The second-order valence-electron chi connectivity index (χ2n) is 11.1. The molecule has 2 aromatic carbocycles. The van der Waals surface area contributed by atoms with E-state index in [4.69, 9.17) is 16.3 Å². The fourth-order valence-corrected chi connectivity index (χ4v) is 6.04. The minimum atomic E-state index is -0.0687. The third-order valence-corrected chi connectivity index (χ3v) is 8.66. The number of piperidine rings is 1. The SMILES string of the molecule is CN(C)C1(CNC(=O)c2ccc(OC3CCN(CCCCc4ccccc4)CC3)c(Cl)c2)CCCCC1. The van der Waals surface area contributed by atoms with Crippen LogP contribution in [0.3, 0.4) is 0 Å². The van der Waals surface area contributed by atoms with Crippen LogP contribution in [0.1, 0.15) is 73.7 Å². The normalized spacial score (nSPS) is 18.6. The van der Waals surface area contributed by atoms with Gasteiger partial charge in [-0.2, -0.15) is 0 Å². The molecule has 2 aromatic rings. The van der Waals surface area contributed by atoms with Crippen LogP contribution < -0.4 is 10.1 Å². The molecule has 1 saturated carbocycles. The molecule has 1 saturated heterocycles. The quantitative estimate of drug-likeness (QED) is 0.355. The lowest BCUT2D eigenvalue weighted by Gasteiger charge is -2.43. The Morgan fingerprint density at radius 3 is 2.46 bits per heavy atom. The monoisotopic (exact) mass is 525 g/mol. The molecule has 2 aliphatic rings. The lowest BCUT2D eigenvalue weighted by Crippen LogP contribution is -2.53. The van der Waals surface area contributed by atoms with Crippen LogP contribution >= 0.6 is 11.6 Å². The molecule has 6 heteroatoms. The fraction of sp³-hybridized carbons (Fsp3) is 0.581. The van der Waals surface area contributed by atoms with Crippen LogP contribution in [0.4, 0.5) is 0 Å². The van der Waals surface area contributed by atoms with Crippen LogP contribution in [0.25, 0.3) is 0 Å². The highest BCUT2D eigenvalue weighted by atomic mass is 35.5. The molecule has 1 amide bonds. The predicted octanol–water partition coefficient (Wildman–Crippen LogP) is 6.20. The van der Waals surface area contributed by atoms with Gasteiger partial charge in [-0.3, -0.25) is 4.79 Å². The molecule has 202 valence electrons. The van der Waals surface area contributed by atoms with Crippen molar-refractivity contribution in [2.45, 2.75) is 75.9 Å². The first-order chi connectivity index (χ1) is 17.9. The van der Waals surface area contributed by atoms with Gasteiger partial charge in [0.15, 0.2) is 0 Å². The molecule has 0 spiro atoms. The molecule has 4 rings (SSSR count). The average molecular weight is 526 g/mol. The number of benzene rings is 2. The number of hydrogen-bond acceptors (Lipinski definition) is 4. The largest absolute Gasteiger partial charge is 0.489 e. The second-order valence-corrected chi connectivity index (χ2v) is 11.5. The van der Waals surface area contributed by atoms with Crippen LogP contribution in [0.5, 0.6) is 5.75 Å². The Hall–Kier alpha value is -2.08. The van der Waals surface area contributed by atoms with Gasteiger partial charge in [-0.1, -0.05) is 61.2 Å². The van der Waals surface area contributed by atoms with Crippen molar-refractivity contribution in [3.63, 3.8) is 0 Å². The van der Waals surface area contributed by atoms with E-state index in [2.05, 4.69) is 59.5 Å². The maximum Gasteiger partial charge on any atom is 0.251 e. The van der Waals surface area contributed by atoms with E-state index in [1.54, 1.807) is 6.07 Å². The Kier molecular flexibility index (Phi) is 10.3. The molecule has 1 aliphatic heterocycles. The van der Waals surface area contributed by atoms with Gasteiger partial charge in [0, 0.05) is 30.7 Å². The van der Waals surface area contributed by atoms with Crippen LogP contribution in [0, 0.1) is 0 Å². The molecule has 0 unspecified atom stereocenters. The van der Waals surface area contributed by atoms with Gasteiger partial charge in [-0.25, -0.2) is 0 Å². The number of ether oxygens (including phenoxy) is 1. The number of carbonyl (C=O) groups excluding carboxylic acids is 1. The van der Waals surface area contributed by atoms with E-state index in [1.165, 1.54) is 37.7 Å².